The average Bonchev–Trinajstić information content (AvgIpc) is 3.18. The molecule has 1 aliphatic carbocycles. The molecule has 2 amide bonds. The van der Waals surface area contributed by atoms with Gasteiger partial charge in [0.2, 0.25) is 11.7 Å². The molecule has 7 heteroatoms. The average molecular weight is 436 g/mol. The third-order valence-corrected chi connectivity index (χ3v) is 6.20. The number of furan rings is 1. The Morgan fingerprint density at radius 1 is 0.969 bits per heavy atom. The zero-order chi connectivity index (χ0) is 22.7. The van der Waals surface area contributed by atoms with Crippen molar-refractivity contribution in [2.45, 2.75) is 31.7 Å². The summed E-state index contributed by atoms with van der Waals surface area (Å²) in [6.45, 7) is 0. The van der Waals surface area contributed by atoms with E-state index >= 15 is 0 Å². The molecule has 1 saturated carbocycles. The van der Waals surface area contributed by atoms with Gasteiger partial charge in [0.05, 0.1) is 7.11 Å². The Morgan fingerprint density at radius 3 is 2.31 bits per heavy atom. The predicted octanol–water partition coefficient (Wildman–Crippen LogP) is 4.75. The Labute approximate surface area is 187 Å². The molecule has 0 saturated heterocycles. The van der Waals surface area contributed by atoms with Crippen LogP contribution in [0.15, 0.2) is 52.9 Å². The monoisotopic (exact) mass is 435 g/mol. The van der Waals surface area contributed by atoms with E-state index in [0.29, 0.717) is 34.1 Å². The second-order valence-corrected chi connectivity index (χ2v) is 8.44. The predicted molar refractivity (Wildman–Crippen MR) is 125 cm³/mol. The van der Waals surface area contributed by atoms with Crippen molar-refractivity contribution in [3.63, 3.8) is 0 Å². The van der Waals surface area contributed by atoms with Crippen molar-refractivity contribution in [3.05, 3.63) is 54.3 Å². The molecule has 0 radical (unpaired) electrons. The van der Waals surface area contributed by atoms with E-state index in [1.807, 2.05) is 18.2 Å². The maximum atomic E-state index is 13.1. The number of amides is 2. The highest BCUT2D eigenvalue weighted by atomic mass is 16.5. The van der Waals surface area contributed by atoms with Gasteiger partial charge in [-0.1, -0.05) is 12.1 Å². The highest BCUT2D eigenvalue weighted by Crippen LogP contribution is 2.34. The molecule has 0 aliphatic heterocycles. The quantitative estimate of drug-likeness (QED) is 0.584. The summed E-state index contributed by atoms with van der Waals surface area (Å²) in [5, 5.41) is 6.55. The maximum absolute atomic E-state index is 13.1. The Kier molecular flexibility index (Phi) is 6.46. The van der Waals surface area contributed by atoms with Crippen LogP contribution in [0.3, 0.4) is 0 Å². The molecule has 3 aromatic rings. The number of hydrogen-bond acceptors (Lipinski definition) is 5. The van der Waals surface area contributed by atoms with E-state index in [0.717, 1.165) is 25.7 Å². The van der Waals surface area contributed by atoms with Crippen molar-refractivity contribution in [2.75, 3.05) is 31.8 Å². The molecule has 7 nitrogen and oxygen atoms in total. The van der Waals surface area contributed by atoms with E-state index in [1.54, 1.807) is 37.4 Å². The van der Waals surface area contributed by atoms with E-state index < -0.39 is 5.91 Å². The van der Waals surface area contributed by atoms with Crippen LogP contribution in [0.5, 0.6) is 5.75 Å². The zero-order valence-corrected chi connectivity index (χ0v) is 18.7. The van der Waals surface area contributed by atoms with E-state index in [-0.39, 0.29) is 17.6 Å². The van der Waals surface area contributed by atoms with E-state index in [1.165, 1.54) is 0 Å². The first kappa shape index (κ1) is 21.9. The van der Waals surface area contributed by atoms with Crippen LogP contribution in [0.1, 0.15) is 36.2 Å². The lowest BCUT2D eigenvalue weighted by Crippen LogP contribution is -2.35. The fourth-order valence-corrected chi connectivity index (χ4v) is 4.27. The highest BCUT2D eigenvalue weighted by Gasteiger charge is 2.29. The van der Waals surface area contributed by atoms with E-state index in [4.69, 9.17) is 9.15 Å². The summed E-state index contributed by atoms with van der Waals surface area (Å²) in [6.07, 6.45) is 3.64. The molecule has 1 fully saturated rings. The molecule has 2 N–H and O–H groups in total. The lowest BCUT2D eigenvalue weighted by atomic mass is 9.85. The first-order valence-electron chi connectivity index (χ1n) is 10.9. The third kappa shape index (κ3) is 4.62. The molecule has 0 atom stereocenters. The number of anilines is 2. The molecule has 0 unspecified atom stereocenters. The standard InChI is InChI=1S/C25H29N3O4/c1-28(2)18-12-8-16(9-13-18)24(29)27-22-20-6-4-5-7-21(20)32-23(22)25(30)26-17-10-14-19(31-3)15-11-17/h4-7,10-11,14-16,18H,8-9,12-13H2,1-3H3,(H,26,30)(H,27,29)/t16-,18-. The molecular weight excluding hydrogens is 406 g/mol. The van der Waals surface area contributed by atoms with Crippen molar-refractivity contribution in [1.82, 2.24) is 4.90 Å². The topological polar surface area (TPSA) is 83.8 Å². The van der Waals surface area contributed by atoms with Crippen molar-refractivity contribution in [1.29, 1.82) is 0 Å². The van der Waals surface area contributed by atoms with Crippen LogP contribution in [0.25, 0.3) is 11.0 Å². The van der Waals surface area contributed by atoms with E-state index in [2.05, 4.69) is 29.6 Å². The minimum Gasteiger partial charge on any atom is -0.497 e. The number of benzene rings is 2. The molecule has 0 bridgehead atoms. The van der Waals surface area contributed by atoms with Gasteiger partial charge in [-0.3, -0.25) is 9.59 Å². The van der Waals surface area contributed by atoms with Gasteiger partial charge in [-0.25, -0.2) is 0 Å². The number of para-hydroxylation sites is 1. The molecular formula is C25H29N3O4. The fourth-order valence-electron chi connectivity index (χ4n) is 4.27. The van der Waals surface area contributed by atoms with Crippen molar-refractivity contribution < 1.29 is 18.7 Å². The van der Waals surface area contributed by atoms with Crippen LogP contribution >= 0.6 is 0 Å². The smallest absolute Gasteiger partial charge is 0.293 e. The SMILES string of the molecule is COc1ccc(NC(=O)c2oc3ccccc3c2NC(=O)[C@H]2CC[C@H](N(C)C)CC2)cc1. The molecule has 4 rings (SSSR count). The van der Waals surface area contributed by atoms with Gasteiger partial charge in [0.25, 0.3) is 5.91 Å². The largest absolute Gasteiger partial charge is 0.497 e. The van der Waals surface area contributed by atoms with E-state index in [9.17, 15) is 9.59 Å². The number of nitrogens with zero attached hydrogens (tertiary/aromatic N) is 1. The fraction of sp³-hybridized carbons (Fsp3) is 0.360. The van der Waals surface area contributed by atoms with Crippen LogP contribution in [-0.2, 0) is 4.79 Å². The number of ether oxygens (including phenoxy) is 1. The number of fused-ring (bicyclic) bond motifs is 1. The number of nitrogens with one attached hydrogen (secondary N) is 2. The third-order valence-electron chi connectivity index (χ3n) is 6.20. The van der Waals surface area contributed by atoms with Gasteiger partial charge < -0.3 is 24.7 Å². The molecule has 32 heavy (non-hydrogen) atoms. The lowest BCUT2D eigenvalue weighted by molar-refractivity contribution is -0.121. The first-order valence-corrected chi connectivity index (χ1v) is 10.9. The normalized spacial score (nSPS) is 18.5. The molecule has 2 aromatic carbocycles. The highest BCUT2D eigenvalue weighted by molar-refractivity contribution is 6.14. The second kappa shape index (κ2) is 9.44. The summed E-state index contributed by atoms with van der Waals surface area (Å²) in [4.78, 5) is 28.3. The van der Waals surface area contributed by atoms with Gasteiger partial charge >= 0.3 is 0 Å². The van der Waals surface area contributed by atoms with Gasteiger partial charge in [-0.15, -0.1) is 0 Å². The van der Waals surface area contributed by atoms with Crippen LogP contribution in [0.2, 0.25) is 0 Å². The lowest BCUT2D eigenvalue weighted by Gasteiger charge is -2.31. The number of hydrogen-bond donors (Lipinski definition) is 2. The minimum atomic E-state index is -0.419. The van der Waals surface area contributed by atoms with Crippen molar-refractivity contribution in [3.8, 4) is 5.75 Å². The first-order chi connectivity index (χ1) is 15.5. The Balaban J connectivity index is 1.55. The molecule has 1 heterocycles. The van der Waals surface area contributed by atoms with Crippen LogP contribution in [0, 0.1) is 5.92 Å². The summed E-state index contributed by atoms with van der Waals surface area (Å²) >= 11 is 0. The summed E-state index contributed by atoms with van der Waals surface area (Å²) in [6, 6.07) is 14.9. The van der Waals surface area contributed by atoms with Crippen LogP contribution in [-0.4, -0.2) is 44.0 Å². The molecule has 1 aliphatic rings. The Bertz CT molecular complexity index is 1100. The Hall–Kier alpha value is -3.32. The summed E-state index contributed by atoms with van der Waals surface area (Å²) in [5.74, 6) is 0.239. The molecule has 1 aromatic heterocycles. The van der Waals surface area contributed by atoms with Gasteiger partial charge in [0.1, 0.15) is 17.0 Å². The summed E-state index contributed by atoms with van der Waals surface area (Å²) in [7, 11) is 5.75. The number of carbonyl (C=O) groups is 2. The van der Waals surface area contributed by atoms with Gasteiger partial charge in [-0.05, 0) is 76.2 Å². The van der Waals surface area contributed by atoms with Crippen molar-refractivity contribution >= 4 is 34.2 Å². The van der Waals surface area contributed by atoms with Gasteiger partial charge in [0, 0.05) is 23.0 Å². The van der Waals surface area contributed by atoms with Gasteiger partial charge in [0.15, 0.2) is 0 Å². The van der Waals surface area contributed by atoms with Crippen molar-refractivity contribution in [2.24, 2.45) is 5.92 Å². The van der Waals surface area contributed by atoms with Crippen LogP contribution < -0.4 is 15.4 Å². The molecule has 0 spiro atoms. The number of methoxy groups -OCH3 is 1. The summed E-state index contributed by atoms with van der Waals surface area (Å²) in [5.41, 5.74) is 1.58. The maximum Gasteiger partial charge on any atom is 0.293 e. The Morgan fingerprint density at radius 2 is 1.66 bits per heavy atom. The minimum absolute atomic E-state index is 0.0627. The number of carbonyl (C=O) groups excluding carboxylic acids is 2. The van der Waals surface area contributed by atoms with Gasteiger partial charge in [-0.2, -0.15) is 0 Å². The zero-order valence-electron chi connectivity index (χ0n) is 18.7. The second-order valence-electron chi connectivity index (χ2n) is 8.44. The molecule has 168 valence electrons. The number of rotatable bonds is 6. The summed E-state index contributed by atoms with van der Waals surface area (Å²) < 4.78 is 11.0. The van der Waals surface area contributed by atoms with Crippen LogP contribution in [0.4, 0.5) is 11.4 Å².